The zero-order chi connectivity index (χ0) is 12.4. The lowest BCUT2D eigenvalue weighted by Gasteiger charge is -2.05. The van der Waals surface area contributed by atoms with Crippen molar-refractivity contribution in [2.45, 2.75) is 0 Å². The van der Waals surface area contributed by atoms with Gasteiger partial charge in [0.2, 0.25) is 0 Å². The Kier molecular flexibility index (Phi) is 2.86. The van der Waals surface area contributed by atoms with Crippen LogP contribution in [0.15, 0.2) is 34.9 Å². The second kappa shape index (κ2) is 4.32. The van der Waals surface area contributed by atoms with Crippen molar-refractivity contribution in [3.05, 3.63) is 53.7 Å². The van der Waals surface area contributed by atoms with Crippen LogP contribution in [0.5, 0.6) is 0 Å². The molecule has 17 heavy (non-hydrogen) atoms. The normalized spacial score (nSPS) is 10.3. The van der Waals surface area contributed by atoms with E-state index in [0.717, 1.165) is 0 Å². The molecule has 0 fully saturated rings. The highest BCUT2D eigenvalue weighted by molar-refractivity contribution is 6.02. The summed E-state index contributed by atoms with van der Waals surface area (Å²) in [6.07, 6.45) is 1.26. The van der Waals surface area contributed by atoms with Crippen LogP contribution in [0.2, 0.25) is 0 Å². The van der Waals surface area contributed by atoms with Crippen molar-refractivity contribution >= 4 is 11.6 Å². The number of halogens is 3. The lowest BCUT2D eigenvalue weighted by atomic mass is 10.2. The first-order valence-corrected chi connectivity index (χ1v) is 4.57. The van der Waals surface area contributed by atoms with E-state index in [2.05, 4.69) is 5.32 Å². The Hall–Kier alpha value is -2.24. The SMILES string of the molecule is O=C(Nc1cc(F)c(F)cc1F)c1ccco1. The van der Waals surface area contributed by atoms with Crippen LogP contribution in [0.4, 0.5) is 18.9 Å². The fourth-order valence-electron chi connectivity index (χ4n) is 1.21. The van der Waals surface area contributed by atoms with Gasteiger partial charge in [-0.1, -0.05) is 0 Å². The highest BCUT2D eigenvalue weighted by atomic mass is 19.2. The van der Waals surface area contributed by atoms with E-state index in [-0.39, 0.29) is 5.76 Å². The fraction of sp³-hybridized carbons (Fsp3) is 0. The summed E-state index contributed by atoms with van der Waals surface area (Å²) >= 11 is 0. The molecule has 0 aliphatic rings. The van der Waals surface area contributed by atoms with Gasteiger partial charge in [0, 0.05) is 12.1 Å². The van der Waals surface area contributed by atoms with Crippen LogP contribution < -0.4 is 5.32 Å². The maximum Gasteiger partial charge on any atom is 0.291 e. The summed E-state index contributed by atoms with van der Waals surface area (Å²) in [5.41, 5.74) is -0.453. The molecule has 0 saturated carbocycles. The predicted molar refractivity (Wildman–Crippen MR) is 53.0 cm³/mol. The largest absolute Gasteiger partial charge is 0.459 e. The molecule has 3 nitrogen and oxygen atoms in total. The van der Waals surface area contributed by atoms with E-state index in [1.54, 1.807) is 0 Å². The number of nitrogens with one attached hydrogen (secondary N) is 1. The molecule has 0 unspecified atom stereocenters. The molecule has 0 bridgehead atoms. The molecule has 0 aliphatic heterocycles. The van der Waals surface area contributed by atoms with E-state index in [4.69, 9.17) is 4.42 Å². The first-order valence-electron chi connectivity index (χ1n) is 4.57. The average Bonchev–Trinajstić information content (AvgIpc) is 2.79. The van der Waals surface area contributed by atoms with E-state index in [1.165, 1.54) is 18.4 Å². The van der Waals surface area contributed by atoms with Gasteiger partial charge in [0.1, 0.15) is 5.82 Å². The molecule has 2 aromatic rings. The van der Waals surface area contributed by atoms with Crippen LogP contribution in [-0.4, -0.2) is 5.91 Å². The first kappa shape index (κ1) is 11.3. The van der Waals surface area contributed by atoms with Crippen LogP contribution in [0.1, 0.15) is 10.6 Å². The summed E-state index contributed by atoms with van der Waals surface area (Å²) in [4.78, 5) is 11.4. The highest BCUT2D eigenvalue weighted by Gasteiger charge is 2.14. The minimum absolute atomic E-state index is 0.0610. The number of rotatable bonds is 2. The molecule has 0 spiro atoms. The van der Waals surface area contributed by atoms with Crippen molar-refractivity contribution in [3.63, 3.8) is 0 Å². The van der Waals surface area contributed by atoms with E-state index >= 15 is 0 Å². The fourth-order valence-corrected chi connectivity index (χ4v) is 1.21. The second-order valence-electron chi connectivity index (χ2n) is 3.18. The molecule has 2 rings (SSSR count). The summed E-state index contributed by atoms with van der Waals surface area (Å²) in [6.45, 7) is 0. The highest BCUT2D eigenvalue weighted by Crippen LogP contribution is 2.19. The van der Waals surface area contributed by atoms with Gasteiger partial charge in [0.15, 0.2) is 17.4 Å². The van der Waals surface area contributed by atoms with Gasteiger partial charge < -0.3 is 9.73 Å². The predicted octanol–water partition coefficient (Wildman–Crippen LogP) is 2.95. The van der Waals surface area contributed by atoms with Gasteiger partial charge >= 0.3 is 0 Å². The molecule has 1 aromatic carbocycles. The van der Waals surface area contributed by atoms with Crippen molar-refractivity contribution in [2.75, 3.05) is 5.32 Å². The molecular weight excluding hydrogens is 235 g/mol. The first-order chi connectivity index (χ1) is 8.08. The Morgan fingerprint density at radius 3 is 2.47 bits per heavy atom. The average molecular weight is 241 g/mol. The van der Waals surface area contributed by atoms with Crippen molar-refractivity contribution in [2.24, 2.45) is 0 Å². The summed E-state index contributed by atoms with van der Waals surface area (Å²) in [5.74, 6) is -4.45. The Morgan fingerprint density at radius 2 is 1.82 bits per heavy atom. The number of amides is 1. The molecule has 1 amide bonds. The monoisotopic (exact) mass is 241 g/mol. The molecule has 0 atom stereocenters. The molecule has 0 radical (unpaired) electrons. The minimum atomic E-state index is -1.32. The zero-order valence-corrected chi connectivity index (χ0v) is 8.34. The second-order valence-corrected chi connectivity index (χ2v) is 3.18. The summed E-state index contributed by atoms with van der Waals surface area (Å²) in [7, 11) is 0. The van der Waals surface area contributed by atoms with Gasteiger partial charge in [-0.25, -0.2) is 13.2 Å². The van der Waals surface area contributed by atoms with E-state index in [1.807, 2.05) is 0 Å². The van der Waals surface area contributed by atoms with Gasteiger partial charge in [-0.2, -0.15) is 0 Å². The Labute approximate surface area is 93.9 Å². The maximum atomic E-state index is 13.2. The van der Waals surface area contributed by atoms with E-state index in [0.29, 0.717) is 12.1 Å². The van der Waals surface area contributed by atoms with Crippen LogP contribution in [0, 0.1) is 17.5 Å². The van der Waals surface area contributed by atoms with Crippen LogP contribution >= 0.6 is 0 Å². The number of carbonyl (C=O) groups is 1. The van der Waals surface area contributed by atoms with Crippen molar-refractivity contribution in [1.82, 2.24) is 0 Å². The van der Waals surface area contributed by atoms with Gasteiger partial charge in [-0.3, -0.25) is 4.79 Å². The zero-order valence-electron chi connectivity index (χ0n) is 8.34. The van der Waals surface area contributed by atoms with Gasteiger partial charge in [-0.15, -0.1) is 0 Å². The lowest BCUT2D eigenvalue weighted by Crippen LogP contribution is -2.12. The van der Waals surface area contributed by atoms with Gasteiger partial charge in [0.05, 0.1) is 12.0 Å². The summed E-state index contributed by atoms with van der Waals surface area (Å²) < 4.78 is 43.4. The molecule has 1 N–H and O–H groups in total. The molecular formula is C11H6F3NO2. The summed E-state index contributed by atoms with van der Waals surface area (Å²) in [5, 5.41) is 2.07. The molecule has 0 saturated heterocycles. The van der Waals surface area contributed by atoms with Gasteiger partial charge in [0.25, 0.3) is 5.91 Å². The third-order valence-electron chi connectivity index (χ3n) is 2.00. The third-order valence-corrected chi connectivity index (χ3v) is 2.00. The minimum Gasteiger partial charge on any atom is -0.459 e. The standard InChI is InChI=1S/C11H6F3NO2/c12-6-4-8(14)9(5-7(6)13)15-11(16)10-2-1-3-17-10/h1-5H,(H,15,16). The van der Waals surface area contributed by atoms with Crippen LogP contribution in [0.3, 0.4) is 0 Å². The number of anilines is 1. The Bertz CT molecular complexity index is 552. The number of carbonyl (C=O) groups excluding carboxylic acids is 1. The number of furan rings is 1. The topological polar surface area (TPSA) is 42.2 Å². The lowest BCUT2D eigenvalue weighted by molar-refractivity contribution is 0.0996. The third kappa shape index (κ3) is 2.30. The number of hydrogen-bond acceptors (Lipinski definition) is 2. The van der Waals surface area contributed by atoms with Gasteiger partial charge in [-0.05, 0) is 12.1 Å². The van der Waals surface area contributed by atoms with E-state index < -0.39 is 29.0 Å². The molecule has 6 heteroatoms. The number of benzene rings is 1. The van der Waals surface area contributed by atoms with Crippen molar-refractivity contribution < 1.29 is 22.4 Å². The Morgan fingerprint density at radius 1 is 1.12 bits per heavy atom. The maximum absolute atomic E-state index is 13.2. The Balaban J connectivity index is 2.25. The van der Waals surface area contributed by atoms with Crippen molar-refractivity contribution in [1.29, 1.82) is 0 Å². The van der Waals surface area contributed by atoms with E-state index in [9.17, 15) is 18.0 Å². The number of hydrogen-bond donors (Lipinski definition) is 1. The smallest absolute Gasteiger partial charge is 0.291 e. The molecule has 88 valence electrons. The molecule has 0 aliphatic carbocycles. The van der Waals surface area contributed by atoms with Crippen LogP contribution in [-0.2, 0) is 0 Å². The molecule has 1 heterocycles. The quantitative estimate of drug-likeness (QED) is 0.821. The summed E-state index contributed by atoms with van der Waals surface area (Å²) in [6, 6.07) is 3.74. The van der Waals surface area contributed by atoms with Crippen molar-refractivity contribution in [3.8, 4) is 0 Å². The van der Waals surface area contributed by atoms with Crippen LogP contribution in [0.25, 0.3) is 0 Å². The molecule has 1 aromatic heterocycles.